The van der Waals surface area contributed by atoms with Gasteiger partial charge in [-0.25, -0.2) is 9.97 Å². The van der Waals surface area contributed by atoms with Crippen molar-refractivity contribution >= 4 is 33.3 Å². The van der Waals surface area contributed by atoms with Crippen molar-refractivity contribution in [2.75, 3.05) is 44.7 Å². The number of fused-ring (bicyclic) bond motifs is 1. The molecule has 1 N–H and O–H groups in total. The van der Waals surface area contributed by atoms with Crippen LogP contribution in [0.3, 0.4) is 0 Å². The summed E-state index contributed by atoms with van der Waals surface area (Å²) < 4.78 is 0. The van der Waals surface area contributed by atoms with E-state index in [2.05, 4.69) is 24.1 Å². The summed E-state index contributed by atoms with van der Waals surface area (Å²) in [6.45, 7) is 7.69. The van der Waals surface area contributed by atoms with E-state index in [1.807, 2.05) is 29.0 Å². The van der Waals surface area contributed by atoms with E-state index in [-0.39, 0.29) is 5.91 Å². The summed E-state index contributed by atoms with van der Waals surface area (Å²) in [5.74, 6) is 1.57. The van der Waals surface area contributed by atoms with E-state index in [1.54, 1.807) is 23.7 Å². The molecule has 1 fully saturated rings. The van der Waals surface area contributed by atoms with Crippen LogP contribution >= 0.6 is 11.3 Å². The normalized spacial score (nSPS) is 14.5. The minimum absolute atomic E-state index is 0.128. The summed E-state index contributed by atoms with van der Waals surface area (Å²) in [5, 5.41) is 4.32. The molecule has 0 unspecified atom stereocenters. The first-order valence-electron chi connectivity index (χ1n) is 9.42. The molecule has 7 nitrogen and oxygen atoms in total. The van der Waals surface area contributed by atoms with E-state index in [9.17, 15) is 4.79 Å². The summed E-state index contributed by atoms with van der Waals surface area (Å²) >= 11 is 1.66. The van der Waals surface area contributed by atoms with E-state index < -0.39 is 0 Å². The Morgan fingerprint density at radius 2 is 2.07 bits per heavy atom. The van der Waals surface area contributed by atoms with Gasteiger partial charge in [0.1, 0.15) is 10.6 Å². The number of nitrogens with one attached hydrogen (secondary N) is 1. The van der Waals surface area contributed by atoms with Gasteiger partial charge in [-0.1, -0.05) is 0 Å². The third kappa shape index (κ3) is 3.57. The molecule has 4 heterocycles. The lowest BCUT2D eigenvalue weighted by atomic mass is 10.2. The molecule has 1 amide bonds. The largest absolute Gasteiger partial charge is 0.350 e. The first-order valence-corrected chi connectivity index (χ1v) is 10.2. The standard InChI is InChI=1S/C20H24N6OS/c1-13-14(2)28-20-17(13)19(23-18(24-20)15-5-4-6-22-11-15)25(3)12-16(27)26-9-7-21-8-10-26/h4-6,11,21H,7-10,12H2,1-3H3. The molecule has 146 valence electrons. The maximum absolute atomic E-state index is 12.8. The Bertz CT molecular complexity index is 997. The number of carbonyl (C=O) groups excluding carboxylic acids is 1. The molecule has 28 heavy (non-hydrogen) atoms. The second-order valence-corrected chi connectivity index (χ2v) is 8.27. The van der Waals surface area contributed by atoms with Gasteiger partial charge in [0.25, 0.3) is 0 Å². The Morgan fingerprint density at radius 3 is 2.79 bits per heavy atom. The summed E-state index contributed by atoms with van der Waals surface area (Å²) in [6.07, 6.45) is 3.50. The molecule has 1 aliphatic rings. The quantitative estimate of drug-likeness (QED) is 0.729. The van der Waals surface area contributed by atoms with Crippen LogP contribution in [0.1, 0.15) is 10.4 Å². The fourth-order valence-corrected chi connectivity index (χ4v) is 4.44. The van der Waals surface area contributed by atoms with E-state index >= 15 is 0 Å². The summed E-state index contributed by atoms with van der Waals surface area (Å²) in [7, 11) is 1.93. The van der Waals surface area contributed by atoms with Crippen LogP contribution in [0.5, 0.6) is 0 Å². The molecule has 3 aromatic rings. The monoisotopic (exact) mass is 396 g/mol. The van der Waals surface area contributed by atoms with E-state index in [4.69, 9.17) is 9.97 Å². The molecular weight excluding hydrogens is 372 g/mol. The molecule has 4 rings (SSSR count). The van der Waals surface area contributed by atoms with Crippen LogP contribution in [-0.4, -0.2) is 65.5 Å². The highest BCUT2D eigenvalue weighted by Gasteiger charge is 2.22. The lowest BCUT2D eigenvalue weighted by Crippen LogP contribution is -2.49. The highest BCUT2D eigenvalue weighted by Crippen LogP contribution is 2.36. The van der Waals surface area contributed by atoms with Gasteiger partial charge < -0.3 is 15.1 Å². The van der Waals surface area contributed by atoms with Gasteiger partial charge in [-0.15, -0.1) is 11.3 Å². The second kappa shape index (κ2) is 7.81. The molecule has 3 aromatic heterocycles. The van der Waals surface area contributed by atoms with Gasteiger partial charge in [0, 0.05) is 56.1 Å². The number of thiophene rings is 1. The number of anilines is 1. The number of hydrogen-bond acceptors (Lipinski definition) is 7. The molecule has 8 heteroatoms. The Kier molecular flexibility index (Phi) is 5.23. The average molecular weight is 397 g/mol. The highest BCUT2D eigenvalue weighted by atomic mass is 32.1. The predicted molar refractivity (Wildman–Crippen MR) is 113 cm³/mol. The Hall–Kier alpha value is -2.58. The first-order chi connectivity index (χ1) is 13.5. The topological polar surface area (TPSA) is 74.2 Å². The number of piperazine rings is 1. The van der Waals surface area contributed by atoms with Crippen molar-refractivity contribution in [3.05, 3.63) is 35.0 Å². The van der Waals surface area contributed by atoms with Gasteiger partial charge >= 0.3 is 0 Å². The first kappa shape index (κ1) is 18.8. The number of amides is 1. The zero-order valence-corrected chi connectivity index (χ0v) is 17.2. The Morgan fingerprint density at radius 1 is 1.29 bits per heavy atom. The van der Waals surface area contributed by atoms with Gasteiger partial charge in [0.15, 0.2) is 5.82 Å². The van der Waals surface area contributed by atoms with Gasteiger partial charge in [-0.3, -0.25) is 9.78 Å². The molecule has 0 radical (unpaired) electrons. The van der Waals surface area contributed by atoms with Crippen LogP contribution in [0.4, 0.5) is 5.82 Å². The Balaban J connectivity index is 1.72. The molecular formula is C20H24N6OS. The number of carbonyl (C=O) groups is 1. The maximum Gasteiger partial charge on any atom is 0.242 e. The maximum atomic E-state index is 12.8. The van der Waals surface area contributed by atoms with Crippen molar-refractivity contribution < 1.29 is 4.79 Å². The fraction of sp³-hybridized carbons (Fsp3) is 0.400. The molecule has 0 saturated carbocycles. The predicted octanol–water partition coefficient (Wildman–Crippen LogP) is 2.24. The smallest absolute Gasteiger partial charge is 0.242 e. The van der Waals surface area contributed by atoms with Crippen molar-refractivity contribution in [1.29, 1.82) is 0 Å². The number of aryl methyl sites for hydroxylation is 2. The third-order valence-electron chi connectivity index (χ3n) is 5.13. The lowest BCUT2D eigenvalue weighted by Gasteiger charge is -2.29. The van der Waals surface area contributed by atoms with Gasteiger partial charge in [-0.05, 0) is 31.5 Å². The number of pyridine rings is 1. The van der Waals surface area contributed by atoms with Gasteiger partial charge in [0.05, 0.1) is 11.9 Å². The van der Waals surface area contributed by atoms with Crippen LogP contribution in [0.2, 0.25) is 0 Å². The molecule has 1 saturated heterocycles. The lowest BCUT2D eigenvalue weighted by molar-refractivity contribution is -0.130. The van der Waals surface area contributed by atoms with Crippen molar-refractivity contribution in [1.82, 2.24) is 25.2 Å². The molecule has 0 spiro atoms. The van der Waals surface area contributed by atoms with Crippen molar-refractivity contribution in [2.45, 2.75) is 13.8 Å². The summed E-state index contributed by atoms with van der Waals surface area (Å²) in [5.41, 5.74) is 2.05. The number of likely N-dealkylation sites (N-methyl/N-ethyl adjacent to an activating group) is 1. The summed E-state index contributed by atoms with van der Waals surface area (Å²) in [4.78, 5) is 32.6. The minimum Gasteiger partial charge on any atom is -0.350 e. The van der Waals surface area contributed by atoms with Gasteiger partial charge in [-0.2, -0.15) is 0 Å². The number of hydrogen-bond donors (Lipinski definition) is 1. The number of rotatable bonds is 4. The molecule has 0 aliphatic carbocycles. The highest BCUT2D eigenvalue weighted by molar-refractivity contribution is 7.18. The Labute approximate surface area is 168 Å². The summed E-state index contributed by atoms with van der Waals surface area (Å²) in [6, 6.07) is 3.84. The van der Waals surface area contributed by atoms with Crippen LogP contribution in [0, 0.1) is 13.8 Å². The molecule has 0 atom stereocenters. The number of nitrogens with zero attached hydrogens (tertiary/aromatic N) is 5. The average Bonchev–Trinajstić information content (AvgIpc) is 3.02. The minimum atomic E-state index is 0.128. The van der Waals surface area contributed by atoms with Crippen LogP contribution < -0.4 is 10.2 Å². The van der Waals surface area contributed by atoms with Crippen LogP contribution in [0.25, 0.3) is 21.6 Å². The third-order valence-corrected chi connectivity index (χ3v) is 6.23. The van der Waals surface area contributed by atoms with E-state index in [0.717, 1.165) is 47.8 Å². The fourth-order valence-electron chi connectivity index (χ4n) is 3.42. The van der Waals surface area contributed by atoms with Crippen LogP contribution in [-0.2, 0) is 4.79 Å². The van der Waals surface area contributed by atoms with E-state index in [0.29, 0.717) is 12.4 Å². The molecule has 0 bridgehead atoms. The SMILES string of the molecule is Cc1sc2nc(-c3cccnc3)nc(N(C)CC(=O)N3CCNCC3)c2c1C. The zero-order valence-electron chi connectivity index (χ0n) is 16.4. The molecule has 1 aliphatic heterocycles. The number of aromatic nitrogens is 3. The molecule has 0 aromatic carbocycles. The second-order valence-electron chi connectivity index (χ2n) is 7.06. The van der Waals surface area contributed by atoms with Gasteiger partial charge in [0.2, 0.25) is 5.91 Å². The van der Waals surface area contributed by atoms with Crippen molar-refractivity contribution in [3.63, 3.8) is 0 Å². The van der Waals surface area contributed by atoms with Crippen LogP contribution in [0.15, 0.2) is 24.5 Å². The van der Waals surface area contributed by atoms with Crippen molar-refractivity contribution in [3.8, 4) is 11.4 Å². The van der Waals surface area contributed by atoms with E-state index in [1.165, 1.54) is 10.4 Å². The van der Waals surface area contributed by atoms with Crippen molar-refractivity contribution in [2.24, 2.45) is 0 Å². The zero-order chi connectivity index (χ0) is 19.7.